The number of rotatable bonds is 12. The van der Waals surface area contributed by atoms with Gasteiger partial charge in [-0.05, 0) is 68.5 Å². The summed E-state index contributed by atoms with van der Waals surface area (Å²) in [6.07, 6.45) is 2.13. The molecular weight excluding hydrogens is 522 g/mol. The van der Waals surface area contributed by atoms with E-state index in [2.05, 4.69) is 5.32 Å². The minimum absolute atomic E-state index is 0.0788. The van der Waals surface area contributed by atoms with Gasteiger partial charge in [0, 0.05) is 19.0 Å². The largest absolute Gasteiger partial charge is 0.352 e. The first kappa shape index (κ1) is 30.9. The van der Waals surface area contributed by atoms with Gasteiger partial charge in [0.15, 0.2) is 0 Å². The average Bonchev–Trinajstić information content (AvgIpc) is 2.89. The number of sulfonamides is 1. The SMILES string of the molecule is CC[C@@H](C)NC(=O)[C@@H](Cc1ccccc1)N(Cc1ccc(C)cc1)C(=O)CN(c1cc(C)cc(C)c1)S(C)(=O)=O. The van der Waals surface area contributed by atoms with E-state index in [4.69, 9.17) is 0 Å². The van der Waals surface area contributed by atoms with Crippen molar-refractivity contribution in [3.63, 3.8) is 0 Å². The molecular formula is C32H41N3O4S. The van der Waals surface area contributed by atoms with Crippen LogP contribution in [0.25, 0.3) is 0 Å². The lowest BCUT2D eigenvalue weighted by atomic mass is 10.0. The van der Waals surface area contributed by atoms with Crippen molar-refractivity contribution in [1.82, 2.24) is 10.2 Å². The summed E-state index contributed by atoms with van der Waals surface area (Å²) in [6, 6.07) is 21.9. The van der Waals surface area contributed by atoms with Crippen LogP contribution in [0.4, 0.5) is 5.69 Å². The Bertz CT molecular complexity index is 1390. The van der Waals surface area contributed by atoms with E-state index in [1.807, 2.05) is 95.3 Å². The minimum Gasteiger partial charge on any atom is -0.352 e. The van der Waals surface area contributed by atoms with Gasteiger partial charge in [-0.3, -0.25) is 13.9 Å². The third-order valence-corrected chi connectivity index (χ3v) is 8.06. The Morgan fingerprint density at radius 1 is 0.850 bits per heavy atom. The molecule has 214 valence electrons. The Morgan fingerprint density at radius 3 is 2.00 bits per heavy atom. The Hall–Kier alpha value is -3.65. The van der Waals surface area contributed by atoms with E-state index in [1.54, 1.807) is 12.1 Å². The zero-order valence-corrected chi connectivity index (χ0v) is 25.2. The lowest BCUT2D eigenvalue weighted by molar-refractivity contribution is -0.140. The molecule has 40 heavy (non-hydrogen) atoms. The Kier molecular flexibility index (Phi) is 10.5. The zero-order chi connectivity index (χ0) is 29.4. The van der Waals surface area contributed by atoms with Crippen molar-refractivity contribution in [1.29, 1.82) is 0 Å². The van der Waals surface area contributed by atoms with Crippen LogP contribution in [0.2, 0.25) is 0 Å². The maximum Gasteiger partial charge on any atom is 0.244 e. The van der Waals surface area contributed by atoms with Gasteiger partial charge in [-0.25, -0.2) is 8.42 Å². The van der Waals surface area contributed by atoms with Crippen LogP contribution in [-0.2, 0) is 32.6 Å². The Morgan fingerprint density at radius 2 is 1.45 bits per heavy atom. The van der Waals surface area contributed by atoms with Crippen molar-refractivity contribution >= 4 is 27.5 Å². The summed E-state index contributed by atoms with van der Waals surface area (Å²) in [5.41, 5.74) is 5.04. The molecule has 2 amide bonds. The molecule has 8 heteroatoms. The first-order valence-electron chi connectivity index (χ1n) is 13.6. The number of amides is 2. The lowest BCUT2D eigenvalue weighted by Gasteiger charge is -2.34. The van der Waals surface area contributed by atoms with Crippen LogP contribution < -0.4 is 9.62 Å². The Balaban J connectivity index is 2.07. The molecule has 0 aliphatic rings. The second kappa shape index (κ2) is 13.6. The van der Waals surface area contributed by atoms with E-state index < -0.39 is 28.5 Å². The summed E-state index contributed by atoms with van der Waals surface area (Å²) in [4.78, 5) is 29.4. The van der Waals surface area contributed by atoms with Gasteiger partial charge >= 0.3 is 0 Å². The number of hydrogen-bond donors (Lipinski definition) is 1. The second-order valence-electron chi connectivity index (χ2n) is 10.6. The van der Waals surface area contributed by atoms with E-state index in [0.717, 1.165) is 44.8 Å². The minimum atomic E-state index is -3.80. The van der Waals surface area contributed by atoms with Gasteiger partial charge in [0.2, 0.25) is 21.8 Å². The fraction of sp³-hybridized carbons (Fsp3) is 0.375. The number of benzene rings is 3. The van der Waals surface area contributed by atoms with E-state index >= 15 is 0 Å². The Labute approximate surface area is 239 Å². The van der Waals surface area contributed by atoms with E-state index in [0.29, 0.717) is 12.1 Å². The van der Waals surface area contributed by atoms with Crippen molar-refractivity contribution in [3.8, 4) is 0 Å². The molecule has 0 aromatic heterocycles. The van der Waals surface area contributed by atoms with Gasteiger partial charge < -0.3 is 10.2 Å². The second-order valence-corrected chi connectivity index (χ2v) is 12.6. The summed E-state index contributed by atoms with van der Waals surface area (Å²) >= 11 is 0. The summed E-state index contributed by atoms with van der Waals surface area (Å²) in [5.74, 6) is -0.721. The predicted molar refractivity (Wildman–Crippen MR) is 162 cm³/mol. The molecule has 2 atom stereocenters. The number of nitrogens with zero attached hydrogens (tertiary/aromatic N) is 2. The van der Waals surface area contributed by atoms with Crippen LogP contribution in [0.15, 0.2) is 72.8 Å². The monoisotopic (exact) mass is 563 g/mol. The quantitative estimate of drug-likeness (QED) is 0.339. The third-order valence-electron chi connectivity index (χ3n) is 6.92. The fourth-order valence-electron chi connectivity index (χ4n) is 4.59. The summed E-state index contributed by atoms with van der Waals surface area (Å²) in [6.45, 7) is 9.41. The highest BCUT2D eigenvalue weighted by Gasteiger charge is 2.33. The molecule has 1 N–H and O–H groups in total. The van der Waals surface area contributed by atoms with Crippen LogP contribution in [0.1, 0.15) is 48.1 Å². The van der Waals surface area contributed by atoms with Crippen LogP contribution in [0, 0.1) is 20.8 Å². The van der Waals surface area contributed by atoms with Crippen molar-refractivity contribution in [3.05, 3.63) is 101 Å². The zero-order valence-electron chi connectivity index (χ0n) is 24.3. The smallest absolute Gasteiger partial charge is 0.244 e. The molecule has 0 heterocycles. The molecule has 0 bridgehead atoms. The highest BCUT2D eigenvalue weighted by atomic mass is 32.2. The number of aryl methyl sites for hydroxylation is 3. The molecule has 3 aromatic rings. The molecule has 0 aliphatic heterocycles. The number of hydrogen-bond acceptors (Lipinski definition) is 4. The van der Waals surface area contributed by atoms with Crippen molar-refractivity contribution in [2.75, 3.05) is 17.1 Å². The fourth-order valence-corrected chi connectivity index (χ4v) is 5.43. The highest BCUT2D eigenvalue weighted by molar-refractivity contribution is 7.92. The molecule has 7 nitrogen and oxygen atoms in total. The van der Waals surface area contributed by atoms with Crippen LogP contribution in [-0.4, -0.2) is 50.0 Å². The normalized spacial score (nSPS) is 12.8. The van der Waals surface area contributed by atoms with Gasteiger partial charge in [-0.15, -0.1) is 0 Å². The summed E-state index contributed by atoms with van der Waals surface area (Å²) in [7, 11) is -3.80. The number of carbonyl (C=O) groups excluding carboxylic acids is 2. The maximum absolute atomic E-state index is 14.1. The van der Waals surface area contributed by atoms with Gasteiger partial charge in [0.05, 0.1) is 11.9 Å². The molecule has 0 saturated carbocycles. The molecule has 0 spiro atoms. The molecule has 0 aliphatic carbocycles. The van der Waals surface area contributed by atoms with Crippen molar-refractivity contribution in [2.45, 2.75) is 66.1 Å². The molecule has 0 radical (unpaired) electrons. The van der Waals surface area contributed by atoms with Crippen LogP contribution in [0.5, 0.6) is 0 Å². The standard InChI is InChI=1S/C32H41N3O4S/c1-7-26(5)33-32(37)30(20-27-11-9-8-10-12-27)34(21-28-15-13-23(2)14-16-28)31(36)22-35(40(6,38)39)29-18-24(3)17-25(4)19-29/h8-19,26,30H,7,20-22H2,1-6H3,(H,33,37)/t26-,30-/m1/s1. The topological polar surface area (TPSA) is 86.8 Å². The molecule has 0 unspecified atom stereocenters. The predicted octanol–water partition coefficient (Wildman–Crippen LogP) is 4.93. The average molecular weight is 564 g/mol. The van der Waals surface area contributed by atoms with Crippen molar-refractivity contribution in [2.24, 2.45) is 0 Å². The maximum atomic E-state index is 14.1. The van der Waals surface area contributed by atoms with Gasteiger partial charge in [0.25, 0.3) is 0 Å². The van der Waals surface area contributed by atoms with Crippen LogP contribution in [0.3, 0.4) is 0 Å². The van der Waals surface area contributed by atoms with Crippen molar-refractivity contribution < 1.29 is 18.0 Å². The third kappa shape index (κ3) is 8.68. The van der Waals surface area contributed by atoms with Gasteiger partial charge in [-0.1, -0.05) is 73.2 Å². The number of nitrogens with one attached hydrogen (secondary N) is 1. The van der Waals surface area contributed by atoms with Gasteiger partial charge in [0.1, 0.15) is 12.6 Å². The molecule has 0 saturated heterocycles. The lowest BCUT2D eigenvalue weighted by Crippen LogP contribution is -2.54. The van der Waals surface area contributed by atoms with E-state index in [9.17, 15) is 18.0 Å². The van der Waals surface area contributed by atoms with Gasteiger partial charge in [-0.2, -0.15) is 0 Å². The van der Waals surface area contributed by atoms with Crippen LogP contribution >= 0.6 is 0 Å². The molecule has 0 fully saturated rings. The first-order chi connectivity index (χ1) is 18.9. The molecule has 3 rings (SSSR count). The highest BCUT2D eigenvalue weighted by Crippen LogP contribution is 2.23. The first-order valence-corrected chi connectivity index (χ1v) is 15.5. The van der Waals surface area contributed by atoms with E-state index in [1.165, 1.54) is 4.90 Å². The summed E-state index contributed by atoms with van der Waals surface area (Å²) < 4.78 is 27.1. The summed E-state index contributed by atoms with van der Waals surface area (Å²) in [5, 5.41) is 3.05. The van der Waals surface area contributed by atoms with E-state index in [-0.39, 0.29) is 18.5 Å². The number of carbonyl (C=O) groups is 2. The molecule has 3 aromatic carbocycles. The number of anilines is 1.